The summed E-state index contributed by atoms with van der Waals surface area (Å²) < 4.78 is 17.6. The molecule has 1 aromatic carbocycles. The van der Waals surface area contributed by atoms with Crippen molar-refractivity contribution in [1.29, 1.82) is 0 Å². The molecule has 2 saturated heterocycles. The van der Waals surface area contributed by atoms with Gasteiger partial charge in [-0.15, -0.1) is 0 Å². The van der Waals surface area contributed by atoms with Crippen molar-refractivity contribution in [2.24, 2.45) is 11.7 Å². The maximum Gasteiger partial charge on any atom is 0.141 e. The summed E-state index contributed by atoms with van der Waals surface area (Å²) in [4.78, 5) is 0. The molecule has 0 amide bonds. The van der Waals surface area contributed by atoms with Gasteiger partial charge in [0.25, 0.3) is 0 Å². The predicted molar refractivity (Wildman–Crippen MR) is 80.2 cm³/mol. The van der Waals surface area contributed by atoms with Gasteiger partial charge in [0.05, 0.1) is 26.4 Å². The number of rotatable bonds is 4. The third-order valence-corrected chi connectivity index (χ3v) is 5.24. The van der Waals surface area contributed by atoms with Crippen LogP contribution in [0.5, 0.6) is 11.5 Å². The first-order valence-electron chi connectivity index (χ1n) is 6.97. The van der Waals surface area contributed by atoms with Crippen LogP contribution in [0, 0.1) is 5.92 Å². The van der Waals surface area contributed by atoms with Crippen LogP contribution < -0.4 is 15.2 Å². The van der Waals surface area contributed by atoms with E-state index in [-0.39, 0.29) is 6.04 Å². The highest BCUT2D eigenvalue weighted by Gasteiger charge is 2.44. The highest BCUT2D eigenvalue weighted by molar-refractivity contribution is 9.10. The number of benzene rings is 1. The van der Waals surface area contributed by atoms with Gasteiger partial charge in [0.1, 0.15) is 16.0 Å². The molecule has 1 aromatic rings. The average Bonchev–Trinajstić information content (AvgIpc) is 3.08. The Kier molecular flexibility index (Phi) is 3.93. The number of hydrogen-bond donors (Lipinski definition) is 1. The second-order valence-electron chi connectivity index (χ2n) is 5.50. The van der Waals surface area contributed by atoms with E-state index in [9.17, 15) is 0 Å². The largest absolute Gasteiger partial charge is 0.495 e. The number of methoxy groups -OCH3 is 2. The van der Waals surface area contributed by atoms with E-state index in [0.29, 0.717) is 18.1 Å². The van der Waals surface area contributed by atoms with E-state index in [1.165, 1.54) is 6.42 Å². The van der Waals surface area contributed by atoms with E-state index < -0.39 is 0 Å². The Bertz CT molecular complexity index is 508. The van der Waals surface area contributed by atoms with E-state index in [2.05, 4.69) is 15.9 Å². The van der Waals surface area contributed by atoms with Crippen LogP contribution in [0.25, 0.3) is 0 Å². The Balaban J connectivity index is 1.91. The van der Waals surface area contributed by atoms with Crippen molar-refractivity contribution in [3.63, 3.8) is 0 Å². The van der Waals surface area contributed by atoms with Crippen LogP contribution in [-0.2, 0) is 4.74 Å². The van der Waals surface area contributed by atoms with Gasteiger partial charge in [0.15, 0.2) is 0 Å². The Morgan fingerprint density at radius 1 is 1.30 bits per heavy atom. The Morgan fingerprint density at radius 2 is 2.10 bits per heavy atom. The lowest BCUT2D eigenvalue weighted by molar-refractivity contribution is 0.0883. The van der Waals surface area contributed by atoms with Crippen LogP contribution in [0.4, 0.5) is 0 Å². The van der Waals surface area contributed by atoms with E-state index in [1.54, 1.807) is 14.2 Å². The van der Waals surface area contributed by atoms with Crippen LogP contribution >= 0.6 is 15.9 Å². The normalized spacial score (nSPS) is 29.5. The van der Waals surface area contributed by atoms with Gasteiger partial charge in [0, 0.05) is 17.5 Å². The lowest BCUT2D eigenvalue weighted by Gasteiger charge is -2.27. The fraction of sp³-hybridized carbons (Fsp3) is 0.600. The smallest absolute Gasteiger partial charge is 0.141 e. The molecule has 0 saturated carbocycles. The zero-order valence-electron chi connectivity index (χ0n) is 11.8. The minimum atomic E-state index is -0.0672. The number of fused-ring (bicyclic) bond motifs is 2. The van der Waals surface area contributed by atoms with Crippen molar-refractivity contribution >= 4 is 15.9 Å². The molecule has 4 unspecified atom stereocenters. The molecule has 2 N–H and O–H groups in total. The SMILES string of the molecule is COc1ccc(C(N)C2CC3CCC2O3)c(OC)c1Br. The minimum absolute atomic E-state index is 0.0672. The highest BCUT2D eigenvalue weighted by Crippen LogP contribution is 2.47. The molecule has 3 rings (SSSR count). The zero-order chi connectivity index (χ0) is 14.3. The van der Waals surface area contributed by atoms with E-state index >= 15 is 0 Å². The topological polar surface area (TPSA) is 53.7 Å². The van der Waals surface area contributed by atoms with Crippen molar-refractivity contribution < 1.29 is 14.2 Å². The summed E-state index contributed by atoms with van der Waals surface area (Å²) in [7, 11) is 3.30. The Morgan fingerprint density at radius 3 is 2.65 bits per heavy atom. The molecule has 0 spiro atoms. The molecule has 0 aromatic heterocycles. The fourth-order valence-corrected chi connectivity index (χ4v) is 4.15. The van der Waals surface area contributed by atoms with E-state index in [1.807, 2.05) is 12.1 Å². The standard InChI is InChI=1S/C15H20BrNO3/c1-18-12-6-4-9(15(19-2)13(12)16)14(17)10-7-8-3-5-11(10)20-8/h4,6,8,10-11,14H,3,5,7,17H2,1-2H3. The molecule has 0 radical (unpaired) electrons. The molecule has 0 aliphatic carbocycles. The lowest BCUT2D eigenvalue weighted by atomic mass is 9.81. The second-order valence-corrected chi connectivity index (χ2v) is 6.30. The van der Waals surface area contributed by atoms with Gasteiger partial charge < -0.3 is 19.9 Å². The molecule has 20 heavy (non-hydrogen) atoms. The molecule has 2 aliphatic heterocycles. The van der Waals surface area contributed by atoms with E-state index in [0.717, 1.165) is 34.4 Å². The second kappa shape index (κ2) is 5.54. The number of halogens is 1. The molecule has 2 heterocycles. The highest BCUT2D eigenvalue weighted by atomic mass is 79.9. The number of ether oxygens (including phenoxy) is 3. The molecule has 4 nitrogen and oxygen atoms in total. The van der Waals surface area contributed by atoms with Crippen LogP contribution in [0.15, 0.2) is 16.6 Å². The molecule has 2 fully saturated rings. The van der Waals surface area contributed by atoms with Crippen molar-refractivity contribution in [1.82, 2.24) is 0 Å². The summed E-state index contributed by atoms with van der Waals surface area (Å²) in [6, 6.07) is 3.86. The van der Waals surface area contributed by atoms with Gasteiger partial charge in [-0.25, -0.2) is 0 Å². The quantitative estimate of drug-likeness (QED) is 0.914. The van der Waals surface area contributed by atoms with Crippen molar-refractivity contribution in [2.45, 2.75) is 37.5 Å². The van der Waals surface area contributed by atoms with Gasteiger partial charge >= 0.3 is 0 Å². The van der Waals surface area contributed by atoms with Crippen LogP contribution in [0.1, 0.15) is 30.9 Å². The number of hydrogen-bond acceptors (Lipinski definition) is 4. The third kappa shape index (κ3) is 2.22. The van der Waals surface area contributed by atoms with Crippen LogP contribution in [0.2, 0.25) is 0 Å². The zero-order valence-corrected chi connectivity index (χ0v) is 13.4. The summed E-state index contributed by atoms with van der Waals surface area (Å²) in [5.41, 5.74) is 7.52. The molecule has 5 heteroatoms. The van der Waals surface area contributed by atoms with E-state index in [4.69, 9.17) is 19.9 Å². The van der Waals surface area contributed by atoms with Crippen molar-refractivity contribution in [2.75, 3.05) is 14.2 Å². The third-order valence-electron chi connectivity index (χ3n) is 4.49. The summed E-state index contributed by atoms with van der Waals surface area (Å²) >= 11 is 3.53. The van der Waals surface area contributed by atoms with Gasteiger partial charge in [-0.2, -0.15) is 0 Å². The number of nitrogens with two attached hydrogens (primary N) is 1. The maximum absolute atomic E-state index is 6.50. The molecular formula is C15H20BrNO3. The van der Waals surface area contributed by atoms with Gasteiger partial charge in [-0.3, -0.25) is 0 Å². The molecular weight excluding hydrogens is 322 g/mol. The first-order chi connectivity index (χ1) is 9.65. The summed E-state index contributed by atoms with van der Waals surface area (Å²) in [6.45, 7) is 0. The monoisotopic (exact) mass is 341 g/mol. The molecule has 2 bridgehead atoms. The summed E-state index contributed by atoms with van der Waals surface area (Å²) in [6.07, 6.45) is 4.07. The summed E-state index contributed by atoms with van der Waals surface area (Å²) in [5.74, 6) is 1.89. The summed E-state index contributed by atoms with van der Waals surface area (Å²) in [5, 5.41) is 0. The van der Waals surface area contributed by atoms with Gasteiger partial charge in [-0.1, -0.05) is 0 Å². The lowest BCUT2D eigenvalue weighted by Crippen LogP contribution is -2.29. The van der Waals surface area contributed by atoms with Gasteiger partial charge in [0.2, 0.25) is 0 Å². The van der Waals surface area contributed by atoms with Crippen LogP contribution in [0.3, 0.4) is 0 Å². The minimum Gasteiger partial charge on any atom is -0.495 e. The maximum atomic E-state index is 6.50. The Hall–Kier alpha value is -0.780. The van der Waals surface area contributed by atoms with Crippen molar-refractivity contribution in [3.05, 3.63) is 22.2 Å². The predicted octanol–water partition coefficient (Wildman–Crippen LogP) is 3.03. The fourth-order valence-electron chi connectivity index (χ4n) is 3.47. The average molecular weight is 342 g/mol. The molecule has 110 valence electrons. The molecule has 2 aliphatic rings. The van der Waals surface area contributed by atoms with Gasteiger partial charge in [-0.05, 0) is 47.3 Å². The van der Waals surface area contributed by atoms with Crippen LogP contribution in [-0.4, -0.2) is 26.4 Å². The van der Waals surface area contributed by atoms with Crippen molar-refractivity contribution in [3.8, 4) is 11.5 Å². The molecule has 4 atom stereocenters. The first kappa shape index (κ1) is 14.2. The first-order valence-corrected chi connectivity index (χ1v) is 7.76. The Labute approximate surface area is 127 Å².